The number of amides is 1. The summed E-state index contributed by atoms with van der Waals surface area (Å²) in [6.45, 7) is 12.2. The van der Waals surface area contributed by atoms with Crippen LogP contribution < -0.4 is 9.64 Å². The van der Waals surface area contributed by atoms with Gasteiger partial charge in [-0.2, -0.15) is 0 Å². The largest absolute Gasteiger partial charge is 0.494 e. The topological polar surface area (TPSA) is 54.9 Å². The molecule has 6 nitrogen and oxygen atoms in total. The van der Waals surface area contributed by atoms with Gasteiger partial charge in [-0.05, 0) is 74.2 Å². The van der Waals surface area contributed by atoms with E-state index in [1.165, 1.54) is 17.5 Å². The summed E-state index contributed by atoms with van der Waals surface area (Å²) in [5.74, 6) is 0.791. The number of ether oxygens (including phenoxy) is 2. The maximum absolute atomic E-state index is 13.7. The zero-order valence-electron chi connectivity index (χ0n) is 21.2. The first-order chi connectivity index (χ1) is 17.0. The number of hydrogen-bond donors (Lipinski definition) is 0. The van der Waals surface area contributed by atoms with Gasteiger partial charge in [0.1, 0.15) is 5.75 Å². The molecular weight excluding hydrogens is 458 g/mol. The summed E-state index contributed by atoms with van der Waals surface area (Å²) in [4.78, 5) is 22.8. The molecule has 1 aromatic heterocycles. The number of rotatable bonds is 11. The van der Waals surface area contributed by atoms with Crippen molar-refractivity contribution in [3.63, 3.8) is 0 Å². The highest BCUT2D eigenvalue weighted by molar-refractivity contribution is 7.22. The van der Waals surface area contributed by atoms with Crippen LogP contribution in [0.3, 0.4) is 0 Å². The first-order valence-corrected chi connectivity index (χ1v) is 13.6. The summed E-state index contributed by atoms with van der Waals surface area (Å²) in [6, 6.07) is 11.8. The first kappa shape index (κ1) is 25.6. The Morgan fingerprint density at radius 1 is 1.09 bits per heavy atom. The fourth-order valence-corrected chi connectivity index (χ4v) is 5.31. The molecule has 1 saturated heterocycles. The number of nitrogens with zero attached hydrogens (tertiary/aromatic N) is 3. The molecule has 7 heteroatoms. The lowest BCUT2D eigenvalue weighted by molar-refractivity contribution is 0.0376. The Kier molecular flexibility index (Phi) is 9.12. The monoisotopic (exact) mass is 495 g/mol. The van der Waals surface area contributed by atoms with Crippen LogP contribution in [0.4, 0.5) is 5.13 Å². The standard InChI is InChI=1S/C28H37N3O3S/c1-4-5-6-16-34-24-10-8-23(9-11-24)27(32)31(13-7-12-30-14-17-33-18-15-30)28-29-25-19-21(2)22(3)20-26(25)35-28/h8-11,19-20H,4-7,12-18H2,1-3H3. The summed E-state index contributed by atoms with van der Waals surface area (Å²) < 4.78 is 12.4. The van der Waals surface area contributed by atoms with Gasteiger partial charge in [0.25, 0.3) is 5.91 Å². The number of carbonyl (C=O) groups excluding carboxylic acids is 1. The van der Waals surface area contributed by atoms with Crippen molar-refractivity contribution < 1.29 is 14.3 Å². The van der Waals surface area contributed by atoms with E-state index in [0.29, 0.717) is 18.7 Å². The van der Waals surface area contributed by atoms with Gasteiger partial charge >= 0.3 is 0 Å². The average Bonchev–Trinajstić information content (AvgIpc) is 3.27. The second kappa shape index (κ2) is 12.5. The molecule has 0 unspecified atom stereocenters. The van der Waals surface area contributed by atoms with Crippen molar-refractivity contribution >= 4 is 32.6 Å². The lowest BCUT2D eigenvalue weighted by atomic mass is 10.1. The zero-order valence-corrected chi connectivity index (χ0v) is 22.0. The normalized spacial score (nSPS) is 14.4. The van der Waals surface area contributed by atoms with E-state index < -0.39 is 0 Å². The predicted molar refractivity (Wildman–Crippen MR) is 144 cm³/mol. The van der Waals surface area contributed by atoms with Crippen LogP contribution in [0.15, 0.2) is 36.4 Å². The van der Waals surface area contributed by atoms with Crippen LogP contribution in [0, 0.1) is 13.8 Å². The number of morpholine rings is 1. The van der Waals surface area contributed by atoms with Gasteiger partial charge < -0.3 is 9.47 Å². The molecule has 0 radical (unpaired) electrons. The second-order valence-electron chi connectivity index (χ2n) is 9.24. The Balaban J connectivity index is 1.50. The van der Waals surface area contributed by atoms with Crippen molar-refractivity contribution in [3.05, 3.63) is 53.1 Å². The number of thiazole rings is 1. The van der Waals surface area contributed by atoms with Gasteiger partial charge in [0.15, 0.2) is 5.13 Å². The van der Waals surface area contributed by atoms with Crippen LogP contribution in [0.5, 0.6) is 5.75 Å². The van der Waals surface area contributed by atoms with E-state index in [-0.39, 0.29) is 5.91 Å². The van der Waals surface area contributed by atoms with E-state index in [4.69, 9.17) is 14.5 Å². The van der Waals surface area contributed by atoms with Crippen LogP contribution in [-0.2, 0) is 4.74 Å². The Bertz CT molecular complexity index is 1070. The SMILES string of the molecule is CCCCCOc1ccc(C(=O)N(CCCN2CCOCC2)c2nc3cc(C)c(C)cc3s2)cc1. The van der Waals surface area contributed by atoms with E-state index in [1.807, 2.05) is 29.2 Å². The van der Waals surface area contributed by atoms with Gasteiger partial charge in [0, 0.05) is 31.7 Å². The number of hydrogen-bond acceptors (Lipinski definition) is 6. The fraction of sp³-hybridized carbons (Fsp3) is 0.500. The van der Waals surface area contributed by atoms with E-state index in [9.17, 15) is 4.79 Å². The molecule has 35 heavy (non-hydrogen) atoms. The molecule has 1 aliphatic heterocycles. The number of anilines is 1. The molecule has 3 aromatic rings. The molecule has 0 saturated carbocycles. The van der Waals surface area contributed by atoms with Crippen molar-refractivity contribution in [1.82, 2.24) is 9.88 Å². The number of aryl methyl sites for hydroxylation is 2. The summed E-state index contributed by atoms with van der Waals surface area (Å²) in [5.41, 5.74) is 4.07. The van der Waals surface area contributed by atoms with Gasteiger partial charge in [0.05, 0.1) is 30.0 Å². The molecule has 0 aliphatic carbocycles. The van der Waals surface area contributed by atoms with Gasteiger partial charge in [-0.15, -0.1) is 0 Å². The van der Waals surface area contributed by atoms with E-state index in [1.54, 1.807) is 11.3 Å². The first-order valence-electron chi connectivity index (χ1n) is 12.8. The number of aromatic nitrogens is 1. The third-order valence-electron chi connectivity index (χ3n) is 6.55. The van der Waals surface area contributed by atoms with E-state index >= 15 is 0 Å². The molecule has 0 bridgehead atoms. The van der Waals surface area contributed by atoms with E-state index in [2.05, 4.69) is 37.8 Å². The number of unbranched alkanes of at least 4 members (excludes halogenated alkanes) is 2. The molecule has 1 amide bonds. The highest BCUT2D eigenvalue weighted by atomic mass is 32.1. The van der Waals surface area contributed by atoms with Crippen molar-refractivity contribution in [1.29, 1.82) is 0 Å². The van der Waals surface area contributed by atoms with Crippen LogP contribution >= 0.6 is 11.3 Å². The minimum atomic E-state index is -0.0167. The summed E-state index contributed by atoms with van der Waals surface area (Å²) in [7, 11) is 0. The summed E-state index contributed by atoms with van der Waals surface area (Å²) in [6.07, 6.45) is 4.27. The Morgan fingerprint density at radius 3 is 2.57 bits per heavy atom. The van der Waals surface area contributed by atoms with E-state index in [0.717, 1.165) is 73.2 Å². The predicted octanol–water partition coefficient (Wildman–Crippen LogP) is 5.85. The van der Waals surface area contributed by atoms with Crippen LogP contribution in [-0.4, -0.2) is 61.8 Å². The van der Waals surface area contributed by atoms with Crippen LogP contribution in [0.1, 0.15) is 54.1 Å². The Morgan fingerprint density at radius 2 is 1.83 bits per heavy atom. The molecule has 1 aliphatic rings. The Hall–Kier alpha value is -2.48. The Labute approximate surface area is 212 Å². The molecule has 0 atom stereocenters. The minimum Gasteiger partial charge on any atom is -0.494 e. The quantitative estimate of drug-likeness (QED) is 0.312. The zero-order chi connectivity index (χ0) is 24.6. The summed E-state index contributed by atoms with van der Waals surface area (Å²) >= 11 is 1.59. The highest BCUT2D eigenvalue weighted by Gasteiger charge is 2.22. The smallest absolute Gasteiger partial charge is 0.260 e. The van der Waals surface area contributed by atoms with Crippen molar-refractivity contribution in [2.24, 2.45) is 0 Å². The minimum absolute atomic E-state index is 0.0167. The van der Waals surface area contributed by atoms with Gasteiger partial charge in [-0.25, -0.2) is 4.98 Å². The number of carbonyl (C=O) groups is 1. The number of benzene rings is 2. The van der Waals surface area contributed by atoms with Crippen molar-refractivity contribution in [2.75, 3.05) is 50.9 Å². The maximum Gasteiger partial charge on any atom is 0.260 e. The number of fused-ring (bicyclic) bond motifs is 1. The lowest BCUT2D eigenvalue weighted by Crippen LogP contribution is -2.39. The highest BCUT2D eigenvalue weighted by Crippen LogP contribution is 2.32. The molecule has 1 fully saturated rings. The molecular formula is C28H37N3O3S. The molecule has 2 aromatic carbocycles. The van der Waals surface area contributed by atoms with Gasteiger partial charge in [0.2, 0.25) is 0 Å². The van der Waals surface area contributed by atoms with Crippen LogP contribution in [0.2, 0.25) is 0 Å². The average molecular weight is 496 g/mol. The lowest BCUT2D eigenvalue weighted by Gasteiger charge is -2.27. The molecule has 0 N–H and O–H groups in total. The second-order valence-corrected chi connectivity index (χ2v) is 10.3. The maximum atomic E-state index is 13.7. The summed E-state index contributed by atoms with van der Waals surface area (Å²) in [5, 5.41) is 0.761. The van der Waals surface area contributed by atoms with Crippen molar-refractivity contribution in [2.45, 2.75) is 46.5 Å². The van der Waals surface area contributed by atoms with Gasteiger partial charge in [-0.1, -0.05) is 31.1 Å². The third kappa shape index (κ3) is 6.81. The molecule has 188 valence electrons. The van der Waals surface area contributed by atoms with Crippen molar-refractivity contribution in [3.8, 4) is 5.75 Å². The molecule has 4 rings (SSSR count). The third-order valence-corrected chi connectivity index (χ3v) is 7.59. The fourth-order valence-electron chi connectivity index (χ4n) is 4.24. The molecule has 0 spiro atoms. The molecule has 2 heterocycles. The van der Waals surface area contributed by atoms with Gasteiger partial charge in [-0.3, -0.25) is 14.6 Å². The van der Waals surface area contributed by atoms with Crippen LogP contribution in [0.25, 0.3) is 10.2 Å².